The van der Waals surface area contributed by atoms with Crippen molar-refractivity contribution in [3.63, 3.8) is 0 Å². The number of ether oxygens (including phenoxy) is 7. The fourth-order valence-corrected chi connectivity index (χ4v) is 10.4. The summed E-state index contributed by atoms with van der Waals surface area (Å²) < 4.78 is 78.5. The molecule has 1 aliphatic carbocycles. The molecule has 0 radical (unpaired) electrons. The van der Waals surface area contributed by atoms with Crippen molar-refractivity contribution in [1.29, 1.82) is 0 Å². The number of hydrogen-bond acceptors (Lipinski definition) is 23. The van der Waals surface area contributed by atoms with E-state index in [9.17, 15) is 78.1 Å². The smallest absolute Gasteiger partial charge is 0.397 e. The average Bonchev–Trinajstić information content (AvgIpc) is 3.47. The van der Waals surface area contributed by atoms with Gasteiger partial charge >= 0.3 is 10.4 Å². The van der Waals surface area contributed by atoms with Crippen molar-refractivity contribution in [2.75, 3.05) is 33.0 Å². The molecule has 1 saturated carbocycles. The maximum Gasteiger partial charge on any atom is 0.397 e. The zero-order valence-electron chi connectivity index (χ0n) is 44.1. The molecule has 0 aromatic heterocycles. The van der Waals surface area contributed by atoms with Crippen molar-refractivity contribution >= 4 is 34.0 Å². The van der Waals surface area contributed by atoms with Crippen LogP contribution in [0.2, 0.25) is 0 Å². The minimum Gasteiger partial charge on any atom is -0.494 e. The zero-order chi connectivity index (χ0) is 57.4. The molecule has 3 heterocycles. The lowest BCUT2D eigenvalue weighted by atomic mass is 9.79. The Hall–Kier alpha value is -3.83. The Bertz CT molecular complexity index is 2170. The van der Waals surface area contributed by atoms with Crippen LogP contribution in [0.15, 0.2) is 24.3 Å². The Kier molecular flexibility index (Phi) is 25.7. The van der Waals surface area contributed by atoms with Crippen molar-refractivity contribution in [2.24, 2.45) is 5.92 Å². The van der Waals surface area contributed by atoms with Crippen molar-refractivity contribution in [3.05, 3.63) is 29.8 Å². The van der Waals surface area contributed by atoms with Crippen LogP contribution in [-0.2, 0) is 57.4 Å². The largest absolute Gasteiger partial charge is 0.494 e. The predicted molar refractivity (Wildman–Crippen MR) is 267 cm³/mol. The maximum absolute atomic E-state index is 13.9. The lowest BCUT2D eigenvalue weighted by molar-refractivity contribution is -0.354. The molecule has 0 bridgehead atoms. The summed E-state index contributed by atoms with van der Waals surface area (Å²) in [5, 5.41) is 110. The molecule has 4 fully saturated rings. The highest BCUT2D eigenvalue weighted by molar-refractivity contribution is 7.80. The fraction of sp³-hybridized carbons (Fsp3) is 0.796. The molecule has 3 aliphatic heterocycles. The standard InChI is InChI=1S/C49H80N4O24S/c1-5-6-7-8-9-10-11-12-13-17-70-29-16-14-15-27(18-29)46(65)53-34-30(19-28(20-54)38(60)39(34)61)72-43-31(21-55)74-48(36(41(43)63)51-25(3)58)76-44-32(22-56)75-49(37(42(44)64)52-26(4)59)77-45-33(23-71-78(67,68)69)73-47(66)35(40(45)62)50-24(2)57/h14-16,18,28,30-45,47-49,54-56,60-64,66H,5-13,17,19-23H2,1-4H3,(H,50,57)(H,51,58)(H,52,59)(H,53,65)(H,67,68,69)/t28?,30?,31-,32?,33-,34+,35?,36?,37-,38+,39+,40?,41?,42+,43+,44?,45+,47?,48?,49-/m0/s1. The number of carbonyl (C=O) groups excluding carboxylic acids is 4. The van der Waals surface area contributed by atoms with Crippen molar-refractivity contribution in [1.82, 2.24) is 21.3 Å². The molecule has 4 aliphatic rings. The van der Waals surface area contributed by atoms with E-state index >= 15 is 0 Å². The van der Waals surface area contributed by atoms with Crippen LogP contribution in [0, 0.1) is 5.92 Å². The highest BCUT2D eigenvalue weighted by atomic mass is 32.3. The van der Waals surface area contributed by atoms with Crippen molar-refractivity contribution in [2.45, 2.75) is 208 Å². The van der Waals surface area contributed by atoms with E-state index in [2.05, 4.69) is 32.4 Å². The van der Waals surface area contributed by atoms with Gasteiger partial charge in [0.05, 0.1) is 44.7 Å². The number of amides is 4. The number of unbranched alkanes of at least 4 members (excludes halogenated alkanes) is 8. The summed E-state index contributed by atoms with van der Waals surface area (Å²) in [5.74, 6) is -3.67. The van der Waals surface area contributed by atoms with Gasteiger partial charge in [-0.2, -0.15) is 8.42 Å². The van der Waals surface area contributed by atoms with E-state index in [1.165, 1.54) is 44.2 Å². The Morgan fingerprint density at radius 3 is 1.62 bits per heavy atom. The van der Waals surface area contributed by atoms with E-state index in [-0.39, 0.29) is 12.0 Å². The molecule has 78 heavy (non-hydrogen) atoms. The third kappa shape index (κ3) is 18.1. The molecule has 5 rings (SSSR count). The van der Waals surface area contributed by atoms with E-state index in [0.29, 0.717) is 12.4 Å². The second kappa shape index (κ2) is 30.8. The molecule has 28 nitrogen and oxygen atoms in total. The molecule has 3 saturated heterocycles. The lowest BCUT2D eigenvalue weighted by Gasteiger charge is -2.51. The van der Waals surface area contributed by atoms with Gasteiger partial charge in [0.2, 0.25) is 17.7 Å². The first kappa shape index (κ1) is 65.0. The fourth-order valence-electron chi connectivity index (χ4n) is 10.1. The average molecular weight is 1140 g/mol. The predicted octanol–water partition coefficient (Wildman–Crippen LogP) is -3.48. The highest BCUT2D eigenvalue weighted by Gasteiger charge is 2.56. The number of rotatable bonds is 28. The second-order valence-corrected chi connectivity index (χ2v) is 21.2. The number of aliphatic hydroxyl groups excluding tert-OH is 9. The van der Waals surface area contributed by atoms with E-state index in [0.717, 1.165) is 46.5 Å². The molecule has 446 valence electrons. The van der Waals surface area contributed by atoms with Gasteiger partial charge in [-0.15, -0.1) is 0 Å². The van der Waals surface area contributed by atoms with E-state index in [1.807, 2.05) is 0 Å². The monoisotopic (exact) mass is 1140 g/mol. The van der Waals surface area contributed by atoms with Gasteiger partial charge in [0.1, 0.15) is 84.9 Å². The van der Waals surface area contributed by atoms with Crippen molar-refractivity contribution in [3.8, 4) is 5.75 Å². The molecule has 10 unspecified atom stereocenters. The first-order valence-corrected chi connectivity index (χ1v) is 27.7. The summed E-state index contributed by atoms with van der Waals surface area (Å²) in [5.41, 5.74) is 0.128. The first-order valence-electron chi connectivity index (χ1n) is 26.3. The number of carbonyl (C=O) groups is 4. The normalized spacial score (nSPS) is 35.3. The number of benzene rings is 1. The molecule has 20 atom stereocenters. The summed E-state index contributed by atoms with van der Waals surface area (Å²) >= 11 is 0. The van der Waals surface area contributed by atoms with Crippen LogP contribution >= 0.6 is 0 Å². The van der Waals surface area contributed by atoms with Gasteiger partial charge in [0.25, 0.3) is 5.91 Å². The minimum atomic E-state index is -5.16. The summed E-state index contributed by atoms with van der Waals surface area (Å²) in [6, 6.07) is -0.154. The minimum absolute atomic E-state index is 0.128. The maximum atomic E-state index is 13.9. The van der Waals surface area contributed by atoms with Gasteiger partial charge < -0.3 is 100 Å². The van der Waals surface area contributed by atoms with Gasteiger partial charge in [0.15, 0.2) is 18.9 Å². The Balaban J connectivity index is 1.34. The van der Waals surface area contributed by atoms with E-state index < -0.39 is 183 Å². The Morgan fingerprint density at radius 1 is 0.603 bits per heavy atom. The third-order valence-corrected chi connectivity index (χ3v) is 14.5. The molecule has 1 aromatic rings. The van der Waals surface area contributed by atoms with Gasteiger partial charge in [-0.05, 0) is 31.0 Å². The Morgan fingerprint density at radius 2 is 1.10 bits per heavy atom. The first-order chi connectivity index (χ1) is 37.0. The SMILES string of the molecule is CCCCCCCCCCCOc1cccc(C(=O)N[C@@H]2C(O[C@H]3C(O)C(NC(C)=O)C(OC4C(CO)O[C@@H](O[C@H]5C(O)C(NC(C)=O)C(O)O[C@H]5COS(=O)(=O)O)[C@@H](NC(C)=O)[C@H]4O)O[C@H]3CO)CC(CO)[C@@H](O)[C@@H]2O)c1. The molecule has 1 aromatic carbocycles. The highest BCUT2D eigenvalue weighted by Crippen LogP contribution is 2.36. The van der Waals surface area contributed by atoms with Gasteiger partial charge in [0, 0.05) is 38.9 Å². The second-order valence-electron chi connectivity index (χ2n) is 20.1. The summed E-state index contributed by atoms with van der Waals surface area (Å²) in [7, 11) is -5.16. The van der Waals surface area contributed by atoms with Crippen LogP contribution in [0.4, 0.5) is 0 Å². The molecular weight excluding hydrogens is 1060 g/mol. The molecule has 14 N–H and O–H groups in total. The summed E-state index contributed by atoms with van der Waals surface area (Å²) in [6.07, 6.45) is -16.8. The molecule has 0 spiro atoms. The number of aliphatic hydroxyl groups is 9. The number of nitrogens with one attached hydrogen (secondary N) is 4. The summed E-state index contributed by atoms with van der Waals surface area (Å²) in [4.78, 5) is 51.2. The van der Waals surface area contributed by atoms with Gasteiger partial charge in [-0.3, -0.25) is 23.7 Å². The quantitative estimate of drug-likeness (QED) is 0.0286. The topological polar surface area (TPSA) is 427 Å². The third-order valence-electron chi connectivity index (χ3n) is 14.1. The number of hydrogen-bond donors (Lipinski definition) is 14. The molecule has 4 amide bonds. The van der Waals surface area contributed by atoms with Crippen LogP contribution in [0.3, 0.4) is 0 Å². The van der Waals surface area contributed by atoms with Crippen LogP contribution in [0.5, 0.6) is 5.75 Å². The van der Waals surface area contributed by atoms with Crippen LogP contribution in [-0.4, -0.2) is 232 Å². The van der Waals surface area contributed by atoms with Gasteiger partial charge in [-0.25, -0.2) is 4.18 Å². The molecule has 29 heteroatoms. The van der Waals surface area contributed by atoms with E-state index in [4.69, 9.17) is 33.2 Å². The van der Waals surface area contributed by atoms with Crippen LogP contribution in [0.1, 0.15) is 102 Å². The van der Waals surface area contributed by atoms with Crippen LogP contribution in [0.25, 0.3) is 0 Å². The zero-order valence-corrected chi connectivity index (χ0v) is 44.9. The summed E-state index contributed by atoms with van der Waals surface area (Å²) in [6.45, 7) is 2.05. The lowest BCUT2D eigenvalue weighted by Crippen LogP contribution is -2.71. The van der Waals surface area contributed by atoms with E-state index in [1.54, 1.807) is 12.1 Å². The Labute approximate surface area is 452 Å². The van der Waals surface area contributed by atoms with Gasteiger partial charge in [-0.1, -0.05) is 64.4 Å². The van der Waals surface area contributed by atoms with Crippen LogP contribution < -0.4 is 26.0 Å². The molecular formula is C49H80N4O24S. The van der Waals surface area contributed by atoms with Crippen molar-refractivity contribution < 1.29 is 115 Å².